The summed E-state index contributed by atoms with van der Waals surface area (Å²) >= 11 is 2.40. The number of hydrogen-bond donors (Lipinski definition) is 1. The standard InChI is InChI=1S/C33H42FN5O6SSi.C25H24F2N6O2S/c1-31(2,3)45-30(41)39(20-44-13-14-47(8,9)10)29-38-32(4,26-17-33(26,46-29)28(40)43-7)23-15-21(18-37-27(23)42-6)16-24(34)25-12-11-22(35-5)19-36-25;1-24(20-10-25(20,36-23(28)32-24)22(34)33-7-6-15(26)13-33)17-8-14(11-31-21(17)35-3)9-18(27)19-5-4-16(29-2)12-30-19/h11-12,15-16,18-19,26H,13-14,17,20H2,1-4,6-10H3;4-5,8-9,11-12,15,20H,6-7,10,13H2,1,3H3,(H2,28,32)/b24-16-;18-9-/t26-,32+,33-;15-,20+,24-,25+/m01/s1. The molecule has 2 saturated carbocycles. The summed E-state index contributed by atoms with van der Waals surface area (Å²) in [5, 5.41) is 0.487. The largest absolute Gasteiger partial charge is 0.481 e. The molecule has 19 nitrogen and oxygen atoms in total. The molecule has 7 atom stereocenters. The number of esters is 1. The average molecular weight is 1190 g/mol. The number of rotatable bonds is 15. The number of ether oxygens (including phenoxy) is 5. The Labute approximate surface area is 490 Å². The molecular formula is C58H66F3N11O8S2Si. The number of pyridine rings is 4. The average Bonchev–Trinajstić information content (AvgIpc) is 1.60. The van der Waals surface area contributed by atoms with Crippen LogP contribution >= 0.6 is 23.5 Å². The van der Waals surface area contributed by atoms with Gasteiger partial charge in [-0.15, -0.1) is 0 Å². The van der Waals surface area contributed by atoms with E-state index in [0.717, 1.165) is 17.8 Å². The van der Waals surface area contributed by atoms with Gasteiger partial charge in [0.15, 0.2) is 10.3 Å². The monoisotopic (exact) mass is 1190 g/mol. The number of likely N-dealkylation sites (tertiary alicyclic amines) is 1. The maximum Gasteiger partial charge on any atom is 0.418 e. The maximum atomic E-state index is 15.3. The van der Waals surface area contributed by atoms with Crippen molar-refractivity contribution >= 4 is 95.1 Å². The van der Waals surface area contributed by atoms with E-state index in [9.17, 15) is 23.2 Å². The quantitative estimate of drug-likeness (QED) is 0.0385. The van der Waals surface area contributed by atoms with Gasteiger partial charge in [-0.05, 0) is 107 Å². The molecule has 438 valence electrons. The molecule has 9 rings (SSSR count). The van der Waals surface area contributed by atoms with E-state index in [-0.39, 0.29) is 58.6 Å². The molecule has 83 heavy (non-hydrogen) atoms. The van der Waals surface area contributed by atoms with Crippen molar-refractivity contribution < 1.29 is 51.2 Å². The summed E-state index contributed by atoms with van der Waals surface area (Å²) < 4.78 is 70.4. The Kier molecular flexibility index (Phi) is 17.9. The molecule has 1 saturated heterocycles. The van der Waals surface area contributed by atoms with E-state index in [1.165, 1.54) is 99.2 Å². The first-order valence-corrected chi connectivity index (χ1v) is 31.9. The molecule has 3 fully saturated rings. The molecule has 7 heterocycles. The van der Waals surface area contributed by atoms with Gasteiger partial charge in [-0.3, -0.25) is 29.5 Å². The van der Waals surface area contributed by atoms with Gasteiger partial charge in [0.1, 0.15) is 39.7 Å². The number of hydrogen-bond acceptors (Lipinski definition) is 17. The fourth-order valence-electron chi connectivity index (χ4n) is 10.3. The summed E-state index contributed by atoms with van der Waals surface area (Å²) in [4.78, 5) is 76.6. The fourth-order valence-corrected chi connectivity index (χ4v) is 14.1. The number of nitrogens with two attached hydrogens (primary N) is 1. The van der Waals surface area contributed by atoms with Crippen LogP contribution in [0.2, 0.25) is 25.7 Å². The van der Waals surface area contributed by atoms with Crippen molar-refractivity contribution in [2.45, 2.75) is 112 Å². The highest BCUT2D eigenvalue weighted by molar-refractivity contribution is 8.16. The van der Waals surface area contributed by atoms with Crippen molar-refractivity contribution in [1.82, 2.24) is 29.7 Å². The van der Waals surface area contributed by atoms with E-state index in [4.69, 9.17) is 52.5 Å². The summed E-state index contributed by atoms with van der Waals surface area (Å²) in [6, 6.07) is 10.2. The third-order valence-electron chi connectivity index (χ3n) is 14.8. The number of nitrogens with zero attached hydrogens (tertiary/aromatic N) is 10. The molecule has 0 unspecified atom stereocenters. The molecule has 0 aromatic carbocycles. The lowest BCUT2D eigenvalue weighted by atomic mass is 9.85. The van der Waals surface area contributed by atoms with Gasteiger partial charge in [0.05, 0.1) is 63.5 Å². The number of fused-ring (bicyclic) bond motifs is 2. The number of thioether (sulfide) groups is 2. The molecule has 2 N–H and O–H groups in total. The van der Waals surface area contributed by atoms with Crippen molar-refractivity contribution in [2.75, 3.05) is 47.8 Å². The molecule has 3 aliphatic heterocycles. The van der Waals surface area contributed by atoms with Gasteiger partial charge in [-0.2, -0.15) is 0 Å². The third kappa shape index (κ3) is 13.2. The molecule has 0 bridgehead atoms. The predicted octanol–water partition coefficient (Wildman–Crippen LogP) is 11.4. The highest BCUT2D eigenvalue weighted by Gasteiger charge is 2.73. The summed E-state index contributed by atoms with van der Waals surface area (Å²) in [5.41, 5.74) is 6.01. The number of aliphatic imine (C=N–C) groups is 2. The number of amides is 2. The smallest absolute Gasteiger partial charge is 0.418 e. The number of aromatic nitrogens is 4. The minimum Gasteiger partial charge on any atom is -0.481 e. The molecule has 25 heteroatoms. The molecule has 4 aromatic heterocycles. The third-order valence-corrected chi connectivity index (χ3v) is 19.3. The van der Waals surface area contributed by atoms with Crippen LogP contribution in [0.15, 0.2) is 71.2 Å². The van der Waals surface area contributed by atoms with Gasteiger partial charge < -0.3 is 34.3 Å². The van der Waals surface area contributed by atoms with Crippen molar-refractivity contribution in [3.8, 4) is 11.8 Å². The first-order valence-electron chi connectivity index (χ1n) is 26.6. The van der Waals surface area contributed by atoms with E-state index in [1.807, 2.05) is 13.8 Å². The van der Waals surface area contributed by atoms with Crippen LogP contribution in [0.1, 0.15) is 87.5 Å². The summed E-state index contributed by atoms with van der Waals surface area (Å²) in [7, 11) is 2.86. The Balaban J connectivity index is 0.000000224. The van der Waals surface area contributed by atoms with Crippen molar-refractivity contribution in [2.24, 2.45) is 27.6 Å². The number of methoxy groups -OCH3 is 3. The molecule has 2 amide bonds. The number of amidine groups is 2. The van der Waals surface area contributed by atoms with Crippen LogP contribution in [0.25, 0.3) is 33.5 Å². The highest BCUT2D eigenvalue weighted by Crippen LogP contribution is 2.68. The zero-order chi connectivity index (χ0) is 60.5. The Bertz CT molecular complexity index is 3390. The van der Waals surface area contributed by atoms with Crippen molar-refractivity contribution in [1.29, 1.82) is 0 Å². The molecule has 0 radical (unpaired) electrons. The molecule has 2 aliphatic carbocycles. The number of carbonyl (C=O) groups excluding carboxylic acids is 3. The van der Waals surface area contributed by atoms with Crippen LogP contribution < -0.4 is 15.2 Å². The second-order valence-corrected chi connectivity index (χ2v) is 31.5. The lowest BCUT2D eigenvalue weighted by molar-refractivity contribution is -0.141. The number of carbonyl (C=O) groups is 3. The van der Waals surface area contributed by atoms with Crippen LogP contribution in [0.3, 0.4) is 0 Å². The molecule has 5 aliphatic rings. The Morgan fingerprint density at radius 3 is 1.81 bits per heavy atom. The summed E-state index contributed by atoms with van der Waals surface area (Å²) in [5.74, 6) is -1.82. The second-order valence-electron chi connectivity index (χ2n) is 23.2. The lowest BCUT2D eigenvalue weighted by Gasteiger charge is -2.37. The Morgan fingerprint density at radius 2 is 1.35 bits per heavy atom. The van der Waals surface area contributed by atoms with Crippen molar-refractivity contribution in [3.63, 3.8) is 0 Å². The van der Waals surface area contributed by atoms with Gasteiger partial charge >= 0.3 is 12.1 Å². The van der Waals surface area contributed by atoms with Crippen LogP contribution in [0, 0.1) is 25.0 Å². The second kappa shape index (κ2) is 24.1. The van der Waals surface area contributed by atoms with Gasteiger partial charge in [-0.1, -0.05) is 55.3 Å². The van der Waals surface area contributed by atoms with Crippen LogP contribution in [-0.4, -0.2) is 135 Å². The van der Waals surface area contributed by atoms with Crippen LogP contribution in [0.5, 0.6) is 11.8 Å². The summed E-state index contributed by atoms with van der Waals surface area (Å²) in [6.45, 7) is 30.6. The van der Waals surface area contributed by atoms with E-state index in [0.29, 0.717) is 71.9 Å². The Hall–Kier alpha value is -7.32. The van der Waals surface area contributed by atoms with Crippen LogP contribution in [0.4, 0.5) is 29.3 Å². The zero-order valence-corrected chi connectivity index (χ0v) is 50.7. The van der Waals surface area contributed by atoms with E-state index >= 15 is 4.39 Å². The molecular weight excluding hydrogens is 1130 g/mol. The van der Waals surface area contributed by atoms with Gasteiger partial charge in [0.2, 0.25) is 29.0 Å². The highest BCUT2D eigenvalue weighted by atomic mass is 32.2. The normalized spacial score (nSPS) is 25.3. The summed E-state index contributed by atoms with van der Waals surface area (Å²) in [6.07, 6.45) is 7.70. The van der Waals surface area contributed by atoms with Gasteiger partial charge in [0, 0.05) is 69.0 Å². The van der Waals surface area contributed by atoms with E-state index in [2.05, 4.69) is 49.3 Å². The van der Waals surface area contributed by atoms with Gasteiger partial charge in [0.25, 0.3) is 0 Å². The topological polar surface area (TPSA) is 215 Å². The SMILES string of the molecule is [C-]#[N+]c1ccc(/C(F)=C/c2cnc(OC)c([C@@]3(C)N=C(N(COCC[Si](C)(C)C)C(=O)OC(C)(C)C)S[C@@]4(C(=O)OC)C[C@H]43)c2)nc1.[C-]#[N+]c1ccc(/C(F)=C/c2cnc(OC)c([C@@]3(C)N=C(N)S[C@@]4(C(=O)N5CC[C@@H](F)C5)C[C@H]43)c2)nc1. The Morgan fingerprint density at radius 1 is 0.819 bits per heavy atom. The van der Waals surface area contributed by atoms with Gasteiger partial charge in [-0.25, -0.2) is 42.5 Å². The van der Waals surface area contributed by atoms with Crippen LogP contribution in [-0.2, 0) is 34.9 Å². The minimum atomic E-state index is -1.42. The first kappa shape index (κ1) is 61.7. The zero-order valence-electron chi connectivity index (χ0n) is 48.1. The fraction of sp³-hybridized carbons (Fsp3) is 0.466. The lowest BCUT2D eigenvalue weighted by Crippen LogP contribution is -2.47. The number of halogens is 3. The number of alkyl halides is 1. The first-order chi connectivity index (χ1) is 39.2. The van der Waals surface area contributed by atoms with Crippen molar-refractivity contribution in [3.05, 3.63) is 118 Å². The molecule has 4 aromatic rings. The minimum absolute atomic E-state index is 0.0596. The van der Waals surface area contributed by atoms with E-state index in [1.54, 1.807) is 37.8 Å². The maximum absolute atomic E-state index is 15.3. The van der Waals surface area contributed by atoms with E-state index < -0.39 is 64.1 Å². The predicted molar refractivity (Wildman–Crippen MR) is 316 cm³/mol. The molecule has 0 spiro atoms.